The first-order chi connectivity index (χ1) is 6.45. The van der Waals surface area contributed by atoms with Crippen molar-refractivity contribution in [2.24, 2.45) is 0 Å². The minimum Gasteiger partial charge on any atom is -0.870 e. The van der Waals surface area contributed by atoms with Crippen LogP contribution in [0.15, 0.2) is 60.7 Å². The van der Waals surface area contributed by atoms with Crippen molar-refractivity contribution in [3.63, 3.8) is 0 Å². The molecular formula is C12H11IO. The zero-order valence-electron chi connectivity index (χ0n) is 7.60. The maximum atomic E-state index is 2.21. The molecule has 0 aliphatic heterocycles. The van der Waals surface area contributed by atoms with Gasteiger partial charge in [-0.15, -0.1) is 0 Å². The lowest BCUT2D eigenvalue weighted by Crippen LogP contribution is -3.61. The van der Waals surface area contributed by atoms with E-state index in [0.29, 0.717) is 0 Å². The number of rotatable bonds is 2. The molecule has 0 unspecified atom stereocenters. The van der Waals surface area contributed by atoms with Crippen molar-refractivity contribution in [2.75, 3.05) is 0 Å². The van der Waals surface area contributed by atoms with Crippen molar-refractivity contribution < 1.29 is 26.7 Å². The van der Waals surface area contributed by atoms with Crippen LogP contribution in [-0.4, -0.2) is 5.48 Å². The van der Waals surface area contributed by atoms with Gasteiger partial charge in [0.15, 0.2) is 7.14 Å². The van der Waals surface area contributed by atoms with Crippen molar-refractivity contribution in [1.29, 1.82) is 0 Å². The van der Waals surface area contributed by atoms with Crippen molar-refractivity contribution in [2.45, 2.75) is 0 Å². The van der Waals surface area contributed by atoms with Gasteiger partial charge in [-0.3, -0.25) is 0 Å². The summed E-state index contributed by atoms with van der Waals surface area (Å²) in [6, 6.07) is 21.4. The van der Waals surface area contributed by atoms with Crippen LogP contribution in [0.2, 0.25) is 0 Å². The summed E-state index contributed by atoms with van der Waals surface area (Å²) in [5.74, 6) is 0. The first kappa shape index (κ1) is 11.2. The molecule has 0 saturated carbocycles. The summed E-state index contributed by atoms with van der Waals surface area (Å²) in [5.41, 5.74) is 0. The molecule has 14 heavy (non-hydrogen) atoms. The molecular weight excluding hydrogens is 287 g/mol. The van der Waals surface area contributed by atoms with Crippen LogP contribution in [0.25, 0.3) is 0 Å². The van der Waals surface area contributed by atoms with Crippen LogP contribution >= 0.6 is 0 Å². The van der Waals surface area contributed by atoms with Gasteiger partial charge in [0.25, 0.3) is 0 Å². The molecule has 0 aromatic heterocycles. The molecule has 0 heterocycles. The Morgan fingerprint density at radius 2 is 0.929 bits per heavy atom. The van der Waals surface area contributed by atoms with E-state index in [1.165, 1.54) is 7.14 Å². The molecule has 2 aromatic carbocycles. The van der Waals surface area contributed by atoms with E-state index >= 15 is 0 Å². The zero-order chi connectivity index (χ0) is 8.93. The predicted molar refractivity (Wildman–Crippen MR) is 52.2 cm³/mol. The number of halogens is 1. The summed E-state index contributed by atoms with van der Waals surface area (Å²) in [7, 11) is 0. The van der Waals surface area contributed by atoms with E-state index in [1.807, 2.05) is 0 Å². The summed E-state index contributed by atoms with van der Waals surface area (Å²) in [4.78, 5) is 0. The summed E-state index contributed by atoms with van der Waals surface area (Å²) in [6.07, 6.45) is 0. The van der Waals surface area contributed by atoms with E-state index in [9.17, 15) is 0 Å². The van der Waals surface area contributed by atoms with Crippen LogP contribution in [0.3, 0.4) is 0 Å². The van der Waals surface area contributed by atoms with E-state index in [2.05, 4.69) is 60.7 Å². The fraction of sp³-hybridized carbons (Fsp3) is 0. The maximum absolute atomic E-state index is 2.21. The van der Waals surface area contributed by atoms with Crippen LogP contribution in [0.5, 0.6) is 0 Å². The monoisotopic (exact) mass is 298 g/mol. The third-order valence-corrected chi connectivity index (χ3v) is 4.37. The highest BCUT2D eigenvalue weighted by Crippen LogP contribution is 1.85. The third kappa shape index (κ3) is 3.12. The molecule has 0 aliphatic rings. The SMILES string of the molecule is [OH-].c1ccc([I+]c2ccccc2)cc1. The highest BCUT2D eigenvalue weighted by molar-refractivity contribution is 5.02. The maximum Gasteiger partial charge on any atom is 0.357 e. The quantitative estimate of drug-likeness (QED) is 0.696. The van der Waals surface area contributed by atoms with E-state index in [-0.39, 0.29) is 26.7 Å². The second kappa shape index (κ2) is 5.78. The third-order valence-electron chi connectivity index (χ3n) is 1.68. The standard InChI is InChI=1S/C12H10I.H2O/c1-3-7-11(8-4-1)13-12-9-5-2-6-10-12;/h1-10H;1H2/q+1;/p-1. The Morgan fingerprint density at radius 1 is 0.571 bits per heavy atom. The van der Waals surface area contributed by atoms with Gasteiger partial charge in [0.1, 0.15) is 0 Å². The molecule has 72 valence electrons. The molecule has 2 rings (SSSR count). The van der Waals surface area contributed by atoms with E-state index in [4.69, 9.17) is 0 Å². The molecule has 0 radical (unpaired) electrons. The second-order valence-electron chi connectivity index (χ2n) is 2.69. The van der Waals surface area contributed by atoms with Gasteiger partial charge < -0.3 is 5.48 Å². The van der Waals surface area contributed by atoms with Gasteiger partial charge in [-0.1, -0.05) is 36.4 Å². The van der Waals surface area contributed by atoms with Crippen molar-refractivity contribution >= 4 is 0 Å². The second-order valence-corrected chi connectivity index (χ2v) is 5.72. The van der Waals surface area contributed by atoms with Crippen LogP contribution in [-0.2, 0) is 0 Å². The van der Waals surface area contributed by atoms with Crippen molar-refractivity contribution in [3.8, 4) is 0 Å². The molecule has 0 atom stereocenters. The first-order valence-corrected chi connectivity index (χ1v) is 6.36. The molecule has 0 amide bonds. The summed E-state index contributed by atoms with van der Waals surface area (Å²) >= 11 is 0.0287. The molecule has 0 spiro atoms. The van der Waals surface area contributed by atoms with Gasteiger partial charge in [0.2, 0.25) is 0 Å². The molecule has 0 bridgehead atoms. The highest BCUT2D eigenvalue weighted by atomic mass is 127. The minimum absolute atomic E-state index is 0. The average Bonchev–Trinajstić information content (AvgIpc) is 2.21. The Morgan fingerprint density at radius 3 is 1.29 bits per heavy atom. The van der Waals surface area contributed by atoms with E-state index < -0.39 is 0 Å². The van der Waals surface area contributed by atoms with Crippen molar-refractivity contribution in [1.82, 2.24) is 0 Å². The van der Waals surface area contributed by atoms with Crippen LogP contribution in [0.4, 0.5) is 0 Å². The molecule has 2 heteroatoms. The van der Waals surface area contributed by atoms with E-state index in [0.717, 1.165) is 0 Å². The minimum atomic E-state index is 0. The normalized spacial score (nSPS) is 9.14. The van der Waals surface area contributed by atoms with E-state index in [1.54, 1.807) is 0 Å². The predicted octanol–water partition coefficient (Wildman–Crippen LogP) is -0.362. The molecule has 0 aliphatic carbocycles. The Hall–Kier alpha value is -0.870. The Labute approximate surface area is 94.4 Å². The van der Waals surface area contributed by atoms with Gasteiger partial charge >= 0.3 is 21.2 Å². The molecule has 0 saturated heterocycles. The largest absolute Gasteiger partial charge is 0.870 e. The summed E-state index contributed by atoms with van der Waals surface area (Å²) < 4.78 is 2.96. The topological polar surface area (TPSA) is 30.0 Å². The summed E-state index contributed by atoms with van der Waals surface area (Å²) in [6.45, 7) is 0. The molecule has 0 fully saturated rings. The number of hydrogen-bond donors (Lipinski definition) is 0. The molecule has 1 nitrogen and oxygen atoms in total. The highest BCUT2D eigenvalue weighted by Gasteiger charge is 2.12. The Balaban J connectivity index is 0.000000980. The fourth-order valence-electron chi connectivity index (χ4n) is 1.08. The van der Waals surface area contributed by atoms with Gasteiger partial charge in [-0.05, 0) is 24.3 Å². The average molecular weight is 298 g/mol. The zero-order valence-corrected chi connectivity index (χ0v) is 9.76. The number of hydrogen-bond acceptors (Lipinski definition) is 1. The van der Waals surface area contributed by atoms with Crippen LogP contribution in [0, 0.1) is 7.14 Å². The lowest BCUT2D eigenvalue weighted by molar-refractivity contribution is -0.597. The van der Waals surface area contributed by atoms with Crippen molar-refractivity contribution in [3.05, 3.63) is 67.8 Å². The summed E-state index contributed by atoms with van der Waals surface area (Å²) in [5, 5.41) is 0. The Kier molecular flexibility index (Phi) is 4.62. The van der Waals surface area contributed by atoms with Crippen LogP contribution in [0.1, 0.15) is 0 Å². The first-order valence-electron chi connectivity index (χ1n) is 4.20. The van der Waals surface area contributed by atoms with Gasteiger partial charge in [-0.2, -0.15) is 0 Å². The van der Waals surface area contributed by atoms with Gasteiger partial charge in [-0.25, -0.2) is 0 Å². The Bertz CT molecular complexity index is 321. The number of benzene rings is 2. The lowest BCUT2D eigenvalue weighted by atomic mass is 10.4. The smallest absolute Gasteiger partial charge is 0.357 e. The van der Waals surface area contributed by atoms with Crippen LogP contribution < -0.4 is 21.2 Å². The lowest BCUT2D eigenvalue weighted by Gasteiger charge is -1.84. The van der Waals surface area contributed by atoms with Gasteiger partial charge in [0.05, 0.1) is 0 Å². The fourth-order valence-corrected chi connectivity index (χ4v) is 3.35. The van der Waals surface area contributed by atoms with Gasteiger partial charge in [0, 0.05) is 0 Å². The molecule has 1 N–H and O–H groups in total. The molecule has 2 aromatic rings.